The Balaban J connectivity index is -0.0000000646. The molecule has 0 heterocycles. The van der Waals surface area contributed by atoms with E-state index in [0.29, 0.717) is 0 Å². The minimum atomic E-state index is 0.819. The molecule has 0 aromatic heterocycles. The van der Waals surface area contributed by atoms with E-state index < -0.39 is 0 Å². The number of aliphatic hydroxyl groups excluding tert-OH is 1. The molecule has 0 saturated carbocycles. The number of aliphatic hydroxyl groups is 1. The molecule has 9 heavy (non-hydrogen) atoms. The van der Waals surface area contributed by atoms with Gasteiger partial charge in [0.1, 0.15) is 0 Å². The Kier molecular flexibility index (Phi) is 78.9. The van der Waals surface area contributed by atoms with Gasteiger partial charge in [0.15, 0.2) is 0 Å². The van der Waals surface area contributed by atoms with Crippen molar-refractivity contribution in [2.24, 2.45) is 0 Å². The van der Waals surface area contributed by atoms with Gasteiger partial charge in [0.05, 0.1) is 0 Å². The fraction of sp³-hybridized carbons (Fsp3) is 1.00. The summed E-state index contributed by atoms with van der Waals surface area (Å²) in [6.07, 6.45) is 1.25. The molecule has 0 rings (SSSR count). The van der Waals surface area contributed by atoms with Gasteiger partial charge in [-0.2, -0.15) is 0 Å². The molecule has 60 valence electrons. The van der Waals surface area contributed by atoms with E-state index >= 15 is 0 Å². The first-order valence-corrected chi connectivity index (χ1v) is 3.27. The van der Waals surface area contributed by atoms with Gasteiger partial charge in [-0.3, -0.25) is 0 Å². The fourth-order valence-electron chi connectivity index (χ4n) is 0. The first kappa shape index (κ1) is 16.0. The lowest BCUT2D eigenvalue weighted by Gasteiger charge is -1.76. The number of hydrogen-bond donors (Lipinski definition) is 1. The van der Waals surface area contributed by atoms with Crippen LogP contribution in [0.2, 0.25) is 0 Å². The van der Waals surface area contributed by atoms with Gasteiger partial charge in [-0.05, 0) is 6.92 Å². The highest BCUT2D eigenvalue weighted by Crippen LogP contribution is 1.56. The number of methoxy groups -OCH3 is 1. The lowest BCUT2D eigenvalue weighted by molar-refractivity contribution is 0.215. The summed E-state index contributed by atoms with van der Waals surface area (Å²) in [6.45, 7) is 7.03. The van der Waals surface area contributed by atoms with Crippen molar-refractivity contribution >= 4 is 0 Å². The molecule has 0 bridgehead atoms. The molecule has 0 aromatic rings. The molecule has 0 aliphatic carbocycles. The van der Waals surface area contributed by atoms with Crippen LogP contribution in [0.5, 0.6) is 0 Å². The third-order valence-electron chi connectivity index (χ3n) is 0.289. The maximum atomic E-state index is 7.00. The van der Waals surface area contributed by atoms with Crippen LogP contribution in [0, 0.1) is 0 Å². The summed E-state index contributed by atoms with van der Waals surface area (Å²) in [4.78, 5) is 0. The van der Waals surface area contributed by atoms with Gasteiger partial charge >= 0.3 is 0 Å². The molecule has 2 heteroatoms. The maximum absolute atomic E-state index is 7.00. The van der Waals surface area contributed by atoms with Gasteiger partial charge in [-0.15, -0.1) is 0 Å². The summed E-state index contributed by atoms with van der Waals surface area (Å²) >= 11 is 0. The molecule has 0 atom stereocenters. The van der Waals surface area contributed by atoms with E-state index in [0.717, 1.165) is 13.7 Å². The number of hydrogen-bond acceptors (Lipinski definition) is 2. The first-order valence-electron chi connectivity index (χ1n) is 3.27. The van der Waals surface area contributed by atoms with Crippen LogP contribution in [-0.2, 0) is 4.74 Å². The van der Waals surface area contributed by atoms with Crippen LogP contribution in [0.1, 0.15) is 27.2 Å². The zero-order valence-electron chi connectivity index (χ0n) is 7.27. The van der Waals surface area contributed by atoms with Gasteiger partial charge in [-0.25, -0.2) is 0 Å². The quantitative estimate of drug-likeness (QED) is 0.594. The van der Waals surface area contributed by atoms with Crippen molar-refractivity contribution in [2.75, 3.05) is 20.8 Å². The number of ether oxygens (including phenoxy) is 1. The molecule has 2 nitrogen and oxygen atoms in total. The molecule has 0 aliphatic heterocycles. The minimum absolute atomic E-state index is 0.819. The molecule has 0 amide bonds. The van der Waals surface area contributed by atoms with Crippen LogP contribution < -0.4 is 0 Å². The van der Waals surface area contributed by atoms with Crippen LogP contribution in [0.15, 0.2) is 0 Å². The standard InChI is InChI=1S/C3H8O.C3H8.CH4O/c1-3-4-2;1-3-2;1-2/h3H2,1-2H3;3H2,1-2H3;2H,1H3. The summed E-state index contributed by atoms with van der Waals surface area (Å²) in [6, 6.07) is 0. The molecule has 0 fully saturated rings. The summed E-state index contributed by atoms with van der Waals surface area (Å²) in [5, 5.41) is 7.00. The van der Waals surface area contributed by atoms with Crippen molar-refractivity contribution < 1.29 is 9.84 Å². The molecule has 0 aliphatic rings. The van der Waals surface area contributed by atoms with Crippen molar-refractivity contribution in [3.05, 3.63) is 0 Å². The second-order valence-corrected chi connectivity index (χ2v) is 1.28. The third kappa shape index (κ3) is 328. The molecule has 0 radical (unpaired) electrons. The molecule has 0 spiro atoms. The Morgan fingerprint density at radius 2 is 1.22 bits per heavy atom. The van der Waals surface area contributed by atoms with Gasteiger partial charge in [0, 0.05) is 20.8 Å². The van der Waals surface area contributed by atoms with Crippen molar-refractivity contribution in [1.29, 1.82) is 0 Å². The highest BCUT2D eigenvalue weighted by Gasteiger charge is 1.51. The minimum Gasteiger partial charge on any atom is -0.400 e. The molecule has 0 saturated heterocycles. The summed E-state index contributed by atoms with van der Waals surface area (Å²) in [5.74, 6) is 0. The van der Waals surface area contributed by atoms with Crippen LogP contribution >= 0.6 is 0 Å². The highest BCUT2D eigenvalue weighted by atomic mass is 16.5. The van der Waals surface area contributed by atoms with E-state index in [-0.39, 0.29) is 0 Å². The van der Waals surface area contributed by atoms with E-state index in [9.17, 15) is 0 Å². The predicted octanol–water partition coefficient (Wildman–Crippen LogP) is 1.68. The van der Waals surface area contributed by atoms with Crippen molar-refractivity contribution in [3.8, 4) is 0 Å². The molecular weight excluding hydrogens is 116 g/mol. The topological polar surface area (TPSA) is 29.5 Å². The van der Waals surface area contributed by atoms with Crippen LogP contribution in [0.25, 0.3) is 0 Å². The smallest absolute Gasteiger partial charge is 0.0433 e. The van der Waals surface area contributed by atoms with Crippen molar-refractivity contribution in [3.63, 3.8) is 0 Å². The van der Waals surface area contributed by atoms with Crippen LogP contribution in [0.3, 0.4) is 0 Å². The Morgan fingerprint density at radius 1 is 1.11 bits per heavy atom. The second-order valence-electron chi connectivity index (χ2n) is 1.28. The summed E-state index contributed by atoms with van der Waals surface area (Å²) in [7, 11) is 2.68. The zero-order valence-corrected chi connectivity index (χ0v) is 7.27. The number of rotatable bonds is 1. The maximum Gasteiger partial charge on any atom is 0.0433 e. The molecular formula is C7H20O2. The summed E-state index contributed by atoms with van der Waals surface area (Å²) in [5.41, 5.74) is 0. The average Bonchev–Trinajstić information content (AvgIpc) is 1.94. The monoisotopic (exact) mass is 136 g/mol. The summed E-state index contributed by atoms with van der Waals surface area (Å²) < 4.78 is 4.54. The molecule has 0 aromatic carbocycles. The normalized spacial score (nSPS) is 6.00. The lowest BCUT2D eigenvalue weighted by Crippen LogP contribution is -1.73. The first-order chi connectivity index (χ1) is 4.33. The Labute approximate surface area is 58.8 Å². The highest BCUT2D eigenvalue weighted by molar-refractivity contribution is 3.94. The zero-order chi connectivity index (χ0) is 8.12. The van der Waals surface area contributed by atoms with E-state index in [1.165, 1.54) is 6.42 Å². The van der Waals surface area contributed by atoms with Crippen molar-refractivity contribution in [2.45, 2.75) is 27.2 Å². The van der Waals surface area contributed by atoms with Crippen LogP contribution in [-0.4, -0.2) is 25.9 Å². The SMILES string of the molecule is CCC.CCOC.CO. The van der Waals surface area contributed by atoms with E-state index in [1.807, 2.05) is 6.92 Å². The van der Waals surface area contributed by atoms with Gasteiger partial charge in [-0.1, -0.05) is 20.3 Å². The predicted molar refractivity (Wildman–Crippen MR) is 41.7 cm³/mol. The third-order valence-corrected chi connectivity index (χ3v) is 0.289. The van der Waals surface area contributed by atoms with E-state index in [1.54, 1.807) is 7.11 Å². The Hall–Kier alpha value is -0.0800. The Morgan fingerprint density at radius 3 is 1.22 bits per heavy atom. The van der Waals surface area contributed by atoms with Gasteiger partial charge < -0.3 is 9.84 Å². The van der Waals surface area contributed by atoms with Crippen LogP contribution in [0.4, 0.5) is 0 Å². The van der Waals surface area contributed by atoms with E-state index in [4.69, 9.17) is 5.11 Å². The lowest BCUT2D eigenvalue weighted by atomic mass is 10.6. The van der Waals surface area contributed by atoms with E-state index in [2.05, 4.69) is 18.6 Å². The largest absolute Gasteiger partial charge is 0.400 e. The molecule has 1 N–H and O–H groups in total. The van der Waals surface area contributed by atoms with Crippen molar-refractivity contribution in [1.82, 2.24) is 0 Å². The molecule has 0 unspecified atom stereocenters. The average molecular weight is 136 g/mol. The fourth-order valence-corrected chi connectivity index (χ4v) is 0. The van der Waals surface area contributed by atoms with Gasteiger partial charge in [0.25, 0.3) is 0 Å². The second kappa shape index (κ2) is 44.5. The van der Waals surface area contributed by atoms with Gasteiger partial charge in [0.2, 0.25) is 0 Å². The Bertz CT molecular complexity index is 14.4.